The lowest BCUT2D eigenvalue weighted by molar-refractivity contribution is 0.472. The summed E-state index contributed by atoms with van der Waals surface area (Å²) in [6.07, 6.45) is 1.83. The van der Waals surface area contributed by atoms with E-state index in [1.54, 1.807) is 12.1 Å². The third-order valence-corrected chi connectivity index (χ3v) is 5.44. The minimum atomic E-state index is 0.412. The average Bonchev–Trinajstić information content (AvgIpc) is 3.20. The monoisotopic (exact) mass is 394 g/mol. The first kappa shape index (κ1) is 17.1. The van der Waals surface area contributed by atoms with Gasteiger partial charge in [0.15, 0.2) is 0 Å². The Labute approximate surface area is 161 Å². The van der Waals surface area contributed by atoms with Gasteiger partial charge in [0.2, 0.25) is 0 Å². The maximum absolute atomic E-state index is 6.24. The normalized spacial score (nSPS) is 19.2. The Bertz CT molecular complexity index is 837. The molecule has 0 radical (unpaired) electrons. The van der Waals surface area contributed by atoms with Gasteiger partial charge < -0.3 is 10.2 Å². The van der Waals surface area contributed by atoms with Gasteiger partial charge in [-0.15, -0.1) is 0 Å². The molecule has 1 fully saturated rings. The van der Waals surface area contributed by atoms with E-state index in [9.17, 15) is 0 Å². The summed E-state index contributed by atoms with van der Waals surface area (Å²) in [6.45, 7) is 2.66. The second kappa shape index (κ2) is 7.12. The Hall–Kier alpha value is -1.33. The lowest BCUT2D eigenvalue weighted by Gasteiger charge is -2.18. The summed E-state index contributed by atoms with van der Waals surface area (Å²) in [5.41, 5.74) is 2.96. The Morgan fingerprint density at radius 3 is 2.88 bits per heavy atom. The number of benzene rings is 1. The first-order chi connectivity index (χ1) is 12.1. The van der Waals surface area contributed by atoms with Gasteiger partial charge in [-0.05, 0) is 36.2 Å². The molecule has 130 valence electrons. The van der Waals surface area contributed by atoms with Crippen molar-refractivity contribution in [3.8, 4) is 0 Å². The van der Waals surface area contributed by atoms with Gasteiger partial charge in [0, 0.05) is 35.7 Å². The topological polar surface area (TPSA) is 40.5 Å². The number of hydrogen-bond acceptors (Lipinski definition) is 4. The number of amidine groups is 1. The molecule has 4 nitrogen and oxygen atoms in total. The van der Waals surface area contributed by atoms with Crippen LogP contribution < -0.4 is 5.32 Å². The van der Waals surface area contributed by atoms with Gasteiger partial charge in [-0.1, -0.05) is 40.9 Å². The number of aromatic nitrogens is 1. The molecule has 7 heteroatoms. The molecule has 2 aliphatic heterocycles. The second-order valence-electron chi connectivity index (χ2n) is 6.35. The highest BCUT2D eigenvalue weighted by Crippen LogP contribution is 2.29. The van der Waals surface area contributed by atoms with Gasteiger partial charge in [0.05, 0.1) is 17.8 Å². The Morgan fingerprint density at radius 1 is 1.16 bits per heavy atom. The summed E-state index contributed by atoms with van der Waals surface area (Å²) in [7, 11) is 0. The van der Waals surface area contributed by atoms with E-state index in [2.05, 4.69) is 15.2 Å². The maximum atomic E-state index is 6.24. The van der Waals surface area contributed by atoms with Crippen LogP contribution in [-0.4, -0.2) is 34.9 Å². The zero-order valence-corrected chi connectivity index (χ0v) is 15.7. The predicted octanol–water partition coefficient (Wildman–Crippen LogP) is 4.49. The lowest BCUT2D eigenvalue weighted by Crippen LogP contribution is -2.35. The van der Waals surface area contributed by atoms with E-state index in [4.69, 9.17) is 39.8 Å². The first-order valence-corrected chi connectivity index (χ1v) is 9.37. The first-order valence-electron chi connectivity index (χ1n) is 8.24. The summed E-state index contributed by atoms with van der Waals surface area (Å²) < 4.78 is 0. The molecule has 4 rings (SSSR count). The van der Waals surface area contributed by atoms with Crippen molar-refractivity contribution in [3.63, 3.8) is 0 Å². The fraction of sp³-hybridized carbons (Fsp3) is 0.333. The fourth-order valence-corrected chi connectivity index (χ4v) is 3.93. The molecule has 2 aromatic rings. The zero-order valence-electron chi connectivity index (χ0n) is 13.5. The van der Waals surface area contributed by atoms with Gasteiger partial charge in [-0.3, -0.25) is 0 Å². The molecule has 3 heterocycles. The predicted molar refractivity (Wildman–Crippen MR) is 103 cm³/mol. The van der Waals surface area contributed by atoms with Crippen LogP contribution in [0.25, 0.3) is 0 Å². The molecule has 0 bridgehead atoms. The molecular weight excluding hydrogens is 379 g/mol. The van der Waals surface area contributed by atoms with Crippen LogP contribution in [0.15, 0.2) is 35.3 Å². The van der Waals surface area contributed by atoms with Crippen LogP contribution in [0.3, 0.4) is 0 Å². The third kappa shape index (κ3) is 3.77. The van der Waals surface area contributed by atoms with E-state index in [1.807, 2.05) is 18.2 Å². The van der Waals surface area contributed by atoms with Crippen LogP contribution in [0.1, 0.15) is 17.7 Å². The molecule has 1 saturated heterocycles. The molecule has 0 aliphatic carbocycles. The van der Waals surface area contributed by atoms with E-state index < -0.39 is 0 Å². The number of pyridine rings is 1. The summed E-state index contributed by atoms with van der Waals surface area (Å²) in [5, 5.41) is 5.47. The molecule has 1 aromatic carbocycles. The average molecular weight is 396 g/mol. The van der Waals surface area contributed by atoms with Crippen LogP contribution in [0, 0.1) is 0 Å². The number of nitrogens with zero attached hydrogens (tertiary/aromatic N) is 3. The molecule has 0 unspecified atom stereocenters. The molecule has 0 spiro atoms. The highest BCUT2D eigenvalue weighted by atomic mass is 35.5. The smallest absolute Gasteiger partial charge is 0.129 e. The van der Waals surface area contributed by atoms with Crippen LogP contribution in [-0.2, 0) is 13.0 Å². The number of hydrogen-bond donors (Lipinski definition) is 1. The number of likely N-dealkylation sites (tertiary alicyclic amines) is 1. The number of nitrogens with one attached hydrogen (secondary N) is 1. The maximum Gasteiger partial charge on any atom is 0.129 e. The molecule has 25 heavy (non-hydrogen) atoms. The van der Waals surface area contributed by atoms with Crippen molar-refractivity contribution in [1.82, 2.24) is 15.2 Å². The van der Waals surface area contributed by atoms with Crippen molar-refractivity contribution >= 4 is 46.3 Å². The summed E-state index contributed by atoms with van der Waals surface area (Å²) in [5.74, 6) is 1.08. The number of rotatable bonds is 3. The summed E-state index contributed by atoms with van der Waals surface area (Å²) in [6, 6.07) is 9.76. The SMILES string of the molecule is Clc1ccc(CN[C@H]2CCN(C3=Nc4ccc(Cl)nc4C3)C2)c(Cl)c1. The second-order valence-corrected chi connectivity index (χ2v) is 7.58. The molecular formula is C18H17Cl3N4. The van der Waals surface area contributed by atoms with E-state index in [-0.39, 0.29) is 0 Å². The molecule has 1 atom stereocenters. The summed E-state index contributed by atoms with van der Waals surface area (Å²) in [4.78, 5) is 11.4. The highest BCUT2D eigenvalue weighted by Gasteiger charge is 2.28. The Morgan fingerprint density at radius 2 is 2.04 bits per heavy atom. The lowest BCUT2D eigenvalue weighted by atomic mass is 10.2. The van der Waals surface area contributed by atoms with Crippen molar-refractivity contribution in [2.24, 2.45) is 4.99 Å². The summed E-state index contributed by atoms with van der Waals surface area (Å²) >= 11 is 18.2. The van der Waals surface area contributed by atoms with Gasteiger partial charge in [0.1, 0.15) is 11.0 Å². The molecule has 1 N–H and O–H groups in total. The molecule has 0 amide bonds. The minimum Gasteiger partial charge on any atom is -0.358 e. The van der Waals surface area contributed by atoms with Crippen molar-refractivity contribution in [3.05, 3.63) is 56.8 Å². The van der Waals surface area contributed by atoms with E-state index in [1.165, 1.54) is 0 Å². The van der Waals surface area contributed by atoms with Gasteiger partial charge in [-0.25, -0.2) is 9.98 Å². The van der Waals surface area contributed by atoms with Gasteiger partial charge >= 0.3 is 0 Å². The van der Waals surface area contributed by atoms with Crippen LogP contribution >= 0.6 is 34.8 Å². The van der Waals surface area contributed by atoms with E-state index in [0.717, 1.165) is 55.3 Å². The third-order valence-electron chi connectivity index (χ3n) is 4.64. The Balaban J connectivity index is 1.35. The highest BCUT2D eigenvalue weighted by molar-refractivity contribution is 6.35. The molecule has 2 aliphatic rings. The van der Waals surface area contributed by atoms with Crippen molar-refractivity contribution < 1.29 is 0 Å². The van der Waals surface area contributed by atoms with Crippen molar-refractivity contribution in [2.45, 2.75) is 25.4 Å². The van der Waals surface area contributed by atoms with E-state index >= 15 is 0 Å². The van der Waals surface area contributed by atoms with Gasteiger partial charge in [0.25, 0.3) is 0 Å². The fourth-order valence-electron chi connectivity index (χ4n) is 3.29. The molecule has 0 saturated carbocycles. The van der Waals surface area contributed by atoms with Crippen LogP contribution in [0.4, 0.5) is 5.69 Å². The van der Waals surface area contributed by atoms with E-state index in [0.29, 0.717) is 21.2 Å². The van der Waals surface area contributed by atoms with Gasteiger partial charge in [-0.2, -0.15) is 0 Å². The standard InChI is InChI=1S/C18H17Cl3N4/c19-12-2-1-11(14(20)7-12)9-22-13-5-6-25(10-13)18-8-16-15(24-18)3-4-17(21)23-16/h1-4,7,13,22H,5-6,8-10H2/t13-/m0/s1. The minimum absolute atomic E-state index is 0.412. The van der Waals surface area contributed by atoms with Crippen LogP contribution in [0.2, 0.25) is 15.2 Å². The zero-order chi connectivity index (χ0) is 17.4. The Kier molecular flexibility index (Phi) is 4.87. The largest absolute Gasteiger partial charge is 0.358 e. The van der Waals surface area contributed by atoms with Crippen molar-refractivity contribution in [2.75, 3.05) is 13.1 Å². The van der Waals surface area contributed by atoms with Crippen LogP contribution in [0.5, 0.6) is 0 Å². The van der Waals surface area contributed by atoms with Crippen molar-refractivity contribution in [1.29, 1.82) is 0 Å². The number of halogens is 3. The number of aliphatic imine (C=N–C) groups is 1. The quantitative estimate of drug-likeness (QED) is 0.778. The number of fused-ring (bicyclic) bond motifs is 1. The molecule has 1 aromatic heterocycles.